The van der Waals surface area contributed by atoms with E-state index in [2.05, 4.69) is 27.4 Å². The van der Waals surface area contributed by atoms with E-state index < -0.39 is 4.92 Å². The summed E-state index contributed by atoms with van der Waals surface area (Å²) in [5.74, 6) is 0.525. The predicted octanol–water partition coefficient (Wildman–Crippen LogP) is 1.20. The topological polar surface area (TPSA) is 103 Å². The SMILES string of the molecule is CCN1CCCC1CNC(=NCc1ccc([N+](=O)[O-])cc1)NCC(=O)N(C)C. The minimum Gasteiger partial charge on any atom is -0.355 e. The predicted molar refractivity (Wildman–Crippen MR) is 109 cm³/mol. The maximum Gasteiger partial charge on any atom is 0.269 e. The number of hydrogen-bond acceptors (Lipinski definition) is 5. The van der Waals surface area contributed by atoms with Gasteiger partial charge >= 0.3 is 0 Å². The molecule has 2 N–H and O–H groups in total. The lowest BCUT2D eigenvalue weighted by Crippen LogP contribution is -2.47. The molecule has 0 spiro atoms. The Labute approximate surface area is 165 Å². The molecule has 0 aromatic heterocycles. The molecule has 154 valence electrons. The van der Waals surface area contributed by atoms with Crippen LogP contribution in [0.15, 0.2) is 29.3 Å². The van der Waals surface area contributed by atoms with Gasteiger partial charge in [-0.3, -0.25) is 19.8 Å². The van der Waals surface area contributed by atoms with Gasteiger partial charge in [-0.25, -0.2) is 4.99 Å². The van der Waals surface area contributed by atoms with Crippen LogP contribution in [0.5, 0.6) is 0 Å². The van der Waals surface area contributed by atoms with Gasteiger partial charge in [-0.2, -0.15) is 0 Å². The molecule has 0 aliphatic carbocycles. The van der Waals surface area contributed by atoms with Crippen LogP contribution in [0.3, 0.4) is 0 Å². The van der Waals surface area contributed by atoms with Gasteiger partial charge in [0.05, 0.1) is 18.0 Å². The van der Waals surface area contributed by atoms with Crippen molar-refractivity contribution in [2.45, 2.75) is 32.4 Å². The van der Waals surface area contributed by atoms with Gasteiger partial charge in [0.15, 0.2) is 5.96 Å². The molecule has 1 fully saturated rings. The second-order valence-corrected chi connectivity index (χ2v) is 7.04. The summed E-state index contributed by atoms with van der Waals surface area (Å²) < 4.78 is 0. The monoisotopic (exact) mass is 390 g/mol. The molecule has 1 atom stereocenters. The number of guanidine groups is 1. The number of benzene rings is 1. The standard InChI is InChI=1S/C19H30N6O3/c1-4-24-11-5-6-17(24)13-21-19(22-14-18(26)23(2)3)20-12-15-7-9-16(10-8-15)25(27)28/h7-10,17H,4-6,11-14H2,1-3H3,(H2,20,21,22). The van der Waals surface area contributed by atoms with E-state index in [1.807, 2.05) is 0 Å². The van der Waals surface area contributed by atoms with Crippen molar-refractivity contribution in [2.75, 3.05) is 40.3 Å². The Kier molecular flexibility index (Phi) is 8.19. The molecule has 0 radical (unpaired) electrons. The number of nitrogens with one attached hydrogen (secondary N) is 2. The molecule has 1 aromatic rings. The number of non-ortho nitro benzene ring substituents is 1. The van der Waals surface area contributed by atoms with Crippen LogP contribution in [0, 0.1) is 10.1 Å². The molecule has 0 bridgehead atoms. The Morgan fingerprint density at radius 2 is 2.04 bits per heavy atom. The van der Waals surface area contributed by atoms with Crippen molar-refractivity contribution < 1.29 is 9.72 Å². The molecule has 1 amide bonds. The molecule has 1 aliphatic heterocycles. The maximum absolute atomic E-state index is 11.9. The van der Waals surface area contributed by atoms with E-state index in [-0.39, 0.29) is 18.1 Å². The molecule has 1 saturated heterocycles. The van der Waals surface area contributed by atoms with Crippen molar-refractivity contribution in [1.29, 1.82) is 0 Å². The summed E-state index contributed by atoms with van der Waals surface area (Å²) >= 11 is 0. The summed E-state index contributed by atoms with van der Waals surface area (Å²) in [4.78, 5) is 30.7. The average Bonchev–Trinajstić information content (AvgIpc) is 3.14. The van der Waals surface area contributed by atoms with Crippen LogP contribution in [0.2, 0.25) is 0 Å². The van der Waals surface area contributed by atoms with Crippen molar-refractivity contribution >= 4 is 17.6 Å². The van der Waals surface area contributed by atoms with Crippen molar-refractivity contribution in [1.82, 2.24) is 20.4 Å². The highest BCUT2D eigenvalue weighted by atomic mass is 16.6. The first-order chi connectivity index (χ1) is 13.4. The fourth-order valence-corrected chi connectivity index (χ4v) is 3.14. The highest BCUT2D eigenvalue weighted by Crippen LogP contribution is 2.15. The Morgan fingerprint density at radius 3 is 2.64 bits per heavy atom. The summed E-state index contributed by atoms with van der Waals surface area (Å²) in [6, 6.07) is 6.79. The first-order valence-corrected chi connectivity index (χ1v) is 9.60. The van der Waals surface area contributed by atoms with E-state index in [0.717, 1.165) is 31.6 Å². The molecular weight excluding hydrogens is 360 g/mol. The summed E-state index contributed by atoms with van der Waals surface area (Å²) in [5, 5.41) is 17.2. The van der Waals surface area contributed by atoms with Gasteiger partial charge in [0.25, 0.3) is 5.69 Å². The van der Waals surface area contributed by atoms with Gasteiger partial charge in [-0.1, -0.05) is 19.1 Å². The largest absolute Gasteiger partial charge is 0.355 e. The van der Waals surface area contributed by atoms with Gasteiger partial charge in [-0.15, -0.1) is 0 Å². The quantitative estimate of drug-likeness (QED) is 0.299. The molecule has 1 unspecified atom stereocenters. The molecule has 1 heterocycles. The number of amides is 1. The second-order valence-electron chi connectivity index (χ2n) is 7.04. The molecular formula is C19H30N6O3. The third kappa shape index (κ3) is 6.49. The zero-order chi connectivity index (χ0) is 20.5. The lowest BCUT2D eigenvalue weighted by molar-refractivity contribution is -0.384. The first-order valence-electron chi connectivity index (χ1n) is 9.60. The average molecular weight is 390 g/mol. The van der Waals surface area contributed by atoms with Gasteiger partial charge in [-0.05, 0) is 31.5 Å². The minimum atomic E-state index is -0.421. The van der Waals surface area contributed by atoms with Crippen LogP contribution in [0.25, 0.3) is 0 Å². The maximum atomic E-state index is 11.9. The van der Waals surface area contributed by atoms with Crippen LogP contribution in [0.1, 0.15) is 25.3 Å². The number of likely N-dealkylation sites (tertiary alicyclic amines) is 1. The number of nitro benzene ring substituents is 1. The Bertz CT molecular complexity index is 689. The van der Waals surface area contributed by atoms with E-state index in [9.17, 15) is 14.9 Å². The number of rotatable bonds is 8. The van der Waals surface area contributed by atoms with Crippen LogP contribution < -0.4 is 10.6 Å². The number of carbonyl (C=O) groups excluding carboxylic acids is 1. The first kappa shape index (κ1) is 21.6. The van der Waals surface area contributed by atoms with Crippen molar-refractivity contribution in [2.24, 2.45) is 4.99 Å². The molecule has 0 saturated carbocycles. The third-order valence-corrected chi connectivity index (χ3v) is 4.88. The number of likely N-dealkylation sites (N-methyl/N-ethyl adjacent to an activating group) is 2. The normalized spacial score (nSPS) is 17.4. The van der Waals surface area contributed by atoms with E-state index >= 15 is 0 Å². The number of nitro groups is 1. The van der Waals surface area contributed by atoms with E-state index in [1.165, 1.54) is 23.5 Å². The Balaban J connectivity index is 2.00. The van der Waals surface area contributed by atoms with E-state index in [0.29, 0.717) is 18.5 Å². The molecule has 2 rings (SSSR count). The molecule has 9 nitrogen and oxygen atoms in total. The lowest BCUT2D eigenvalue weighted by Gasteiger charge is -2.24. The summed E-state index contributed by atoms with van der Waals surface area (Å²) in [6.45, 7) is 5.58. The van der Waals surface area contributed by atoms with Gasteiger partial charge in [0, 0.05) is 38.8 Å². The molecule has 1 aliphatic rings. The van der Waals surface area contributed by atoms with Crippen LogP contribution in [-0.4, -0.2) is 72.9 Å². The Hall–Kier alpha value is -2.68. The Morgan fingerprint density at radius 1 is 1.32 bits per heavy atom. The van der Waals surface area contributed by atoms with Crippen molar-refractivity contribution in [3.05, 3.63) is 39.9 Å². The van der Waals surface area contributed by atoms with Crippen LogP contribution in [0.4, 0.5) is 5.69 Å². The number of aliphatic imine (C=N–C) groups is 1. The fourth-order valence-electron chi connectivity index (χ4n) is 3.14. The fraction of sp³-hybridized carbons (Fsp3) is 0.579. The third-order valence-electron chi connectivity index (χ3n) is 4.88. The van der Waals surface area contributed by atoms with E-state index in [1.54, 1.807) is 26.2 Å². The number of carbonyl (C=O) groups is 1. The zero-order valence-corrected chi connectivity index (χ0v) is 16.9. The summed E-state index contributed by atoms with van der Waals surface area (Å²) in [7, 11) is 3.42. The summed E-state index contributed by atoms with van der Waals surface area (Å²) in [5.41, 5.74) is 0.920. The van der Waals surface area contributed by atoms with E-state index in [4.69, 9.17) is 0 Å². The second kappa shape index (κ2) is 10.6. The zero-order valence-electron chi connectivity index (χ0n) is 16.9. The molecule has 1 aromatic carbocycles. The smallest absolute Gasteiger partial charge is 0.269 e. The lowest BCUT2D eigenvalue weighted by atomic mass is 10.2. The van der Waals surface area contributed by atoms with Crippen molar-refractivity contribution in [3.8, 4) is 0 Å². The number of nitrogens with zero attached hydrogens (tertiary/aromatic N) is 4. The summed E-state index contributed by atoms with van der Waals surface area (Å²) in [6.07, 6.45) is 2.34. The highest BCUT2D eigenvalue weighted by molar-refractivity contribution is 5.86. The van der Waals surface area contributed by atoms with Crippen LogP contribution >= 0.6 is 0 Å². The molecule has 9 heteroatoms. The minimum absolute atomic E-state index is 0.0408. The van der Waals surface area contributed by atoms with Crippen LogP contribution in [-0.2, 0) is 11.3 Å². The van der Waals surface area contributed by atoms with Gasteiger partial charge in [0.1, 0.15) is 0 Å². The number of hydrogen-bond donors (Lipinski definition) is 2. The molecule has 28 heavy (non-hydrogen) atoms. The van der Waals surface area contributed by atoms with Gasteiger partial charge in [0.2, 0.25) is 5.91 Å². The van der Waals surface area contributed by atoms with Crippen molar-refractivity contribution in [3.63, 3.8) is 0 Å². The highest BCUT2D eigenvalue weighted by Gasteiger charge is 2.22. The van der Waals surface area contributed by atoms with Gasteiger partial charge < -0.3 is 15.5 Å².